The Balaban J connectivity index is 2.40. The summed E-state index contributed by atoms with van der Waals surface area (Å²) < 4.78 is 11.1. The predicted octanol–water partition coefficient (Wildman–Crippen LogP) is 4.16. The molecule has 0 saturated heterocycles. The van der Waals surface area contributed by atoms with E-state index in [4.69, 9.17) is 10.4 Å². The fourth-order valence-corrected chi connectivity index (χ4v) is 2.82. The van der Waals surface area contributed by atoms with Gasteiger partial charge >= 0.3 is 7.67 Å². The average molecular weight is 314 g/mol. The second-order valence-electron chi connectivity index (χ2n) is 5.45. The molecule has 0 fully saturated rings. The zero-order chi connectivity index (χ0) is 15.7. The molecular formula is C15H27N2O3P. The number of unbranched alkanes of at least 4 members (excludes halogenated alkanes) is 6. The van der Waals surface area contributed by atoms with Crippen LogP contribution >= 0.6 is 7.67 Å². The normalized spacial score (nSPS) is 13.9. The van der Waals surface area contributed by atoms with E-state index in [1.807, 2.05) is 0 Å². The molecule has 0 saturated carbocycles. The Morgan fingerprint density at radius 3 is 2.38 bits per heavy atom. The van der Waals surface area contributed by atoms with Crippen LogP contribution in [0, 0.1) is 0 Å². The summed E-state index contributed by atoms with van der Waals surface area (Å²) in [6.45, 7) is 2.20. The van der Waals surface area contributed by atoms with Crippen molar-refractivity contribution in [3.8, 4) is 5.75 Å². The molecule has 120 valence electrons. The highest BCUT2D eigenvalue weighted by Crippen LogP contribution is 2.33. The van der Waals surface area contributed by atoms with E-state index in [0.29, 0.717) is 5.69 Å². The van der Waals surface area contributed by atoms with Gasteiger partial charge in [-0.15, -0.1) is 0 Å². The first-order chi connectivity index (χ1) is 9.92. The number of phenols is 1. The first-order valence-electron chi connectivity index (χ1n) is 7.64. The number of hydrogen-bond donors (Lipinski definition) is 4. The van der Waals surface area contributed by atoms with E-state index in [1.54, 1.807) is 12.1 Å². The monoisotopic (exact) mass is 314 g/mol. The Labute approximate surface area is 127 Å². The molecule has 0 aliphatic heterocycles. The summed E-state index contributed by atoms with van der Waals surface area (Å²) >= 11 is 0. The molecule has 5 N–H and O–H groups in total. The fraction of sp³-hybridized carbons (Fsp3) is 0.600. The molecule has 1 rings (SSSR count). The van der Waals surface area contributed by atoms with E-state index in [2.05, 4.69) is 12.0 Å². The molecule has 0 aliphatic rings. The number of hydrogen-bond acceptors (Lipinski definition) is 2. The lowest BCUT2D eigenvalue weighted by atomic mass is 10.0. The lowest BCUT2D eigenvalue weighted by molar-refractivity contribution is 0.465. The van der Waals surface area contributed by atoms with Crippen molar-refractivity contribution in [2.45, 2.75) is 58.3 Å². The molecule has 0 spiro atoms. The van der Waals surface area contributed by atoms with Gasteiger partial charge in [0.25, 0.3) is 0 Å². The molecule has 1 aromatic rings. The third kappa shape index (κ3) is 8.10. The molecule has 0 radical (unpaired) electrons. The minimum Gasteiger partial charge on any atom is -0.508 e. The van der Waals surface area contributed by atoms with Gasteiger partial charge in [0.05, 0.1) is 0 Å². The summed E-state index contributed by atoms with van der Waals surface area (Å²) in [6, 6.07) is 4.75. The Morgan fingerprint density at radius 2 is 1.76 bits per heavy atom. The third-order valence-corrected chi connectivity index (χ3v) is 4.00. The van der Waals surface area contributed by atoms with Crippen LogP contribution < -0.4 is 10.6 Å². The van der Waals surface area contributed by atoms with Crippen LogP contribution in [0.25, 0.3) is 0 Å². The van der Waals surface area contributed by atoms with Crippen LogP contribution in [0.5, 0.6) is 5.75 Å². The largest absolute Gasteiger partial charge is 0.508 e. The Hall–Kier alpha value is -1.03. The Kier molecular flexibility index (Phi) is 7.79. The number of benzene rings is 1. The predicted molar refractivity (Wildman–Crippen MR) is 87.4 cm³/mol. The van der Waals surface area contributed by atoms with Crippen molar-refractivity contribution in [2.75, 3.05) is 5.09 Å². The third-order valence-electron chi connectivity index (χ3n) is 3.42. The molecule has 6 heteroatoms. The zero-order valence-corrected chi connectivity index (χ0v) is 13.6. The van der Waals surface area contributed by atoms with Gasteiger partial charge in [-0.2, -0.15) is 0 Å². The van der Waals surface area contributed by atoms with Crippen LogP contribution in [0.1, 0.15) is 57.4 Å². The summed E-state index contributed by atoms with van der Waals surface area (Å²) in [5, 5.41) is 12.2. The standard InChI is InChI=1S/C15H27N2O3P/c1-2-3-4-5-6-7-8-9-13-12-14(10-11-15(13)18)17-21(16,19)20/h10-12,18H,2-9H2,1H3,(H4,16,17,19,20). The Bertz CT molecular complexity index is 474. The molecule has 1 aromatic carbocycles. The number of rotatable bonds is 10. The van der Waals surface area contributed by atoms with Crippen LogP contribution in [-0.2, 0) is 11.0 Å². The van der Waals surface area contributed by atoms with Gasteiger partial charge < -0.3 is 15.1 Å². The summed E-state index contributed by atoms with van der Waals surface area (Å²) in [5.41, 5.74) is 6.31. The quantitative estimate of drug-likeness (QED) is 0.295. The van der Waals surface area contributed by atoms with Crippen molar-refractivity contribution >= 4 is 13.4 Å². The van der Waals surface area contributed by atoms with Crippen LogP contribution in [0.4, 0.5) is 5.69 Å². The number of aryl methyl sites for hydroxylation is 1. The van der Waals surface area contributed by atoms with Crippen LogP contribution in [0.15, 0.2) is 18.2 Å². The highest BCUT2D eigenvalue weighted by atomic mass is 31.2. The van der Waals surface area contributed by atoms with Gasteiger partial charge in [-0.05, 0) is 36.6 Å². The second kappa shape index (κ2) is 9.08. The van der Waals surface area contributed by atoms with Crippen LogP contribution in [0.3, 0.4) is 0 Å². The van der Waals surface area contributed by atoms with E-state index in [0.717, 1.165) is 24.8 Å². The van der Waals surface area contributed by atoms with E-state index < -0.39 is 7.67 Å². The fourth-order valence-electron chi connectivity index (χ4n) is 2.31. The van der Waals surface area contributed by atoms with Crippen molar-refractivity contribution in [2.24, 2.45) is 5.50 Å². The van der Waals surface area contributed by atoms with Gasteiger partial charge in [0, 0.05) is 5.69 Å². The SMILES string of the molecule is CCCCCCCCCc1cc(NP(N)(=O)O)ccc1O. The number of aromatic hydroxyl groups is 1. The summed E-state index contributed by atoms with van der Waals surface area (Å²) in [6.07, 6.45) is 9.23. The first kappa shape index (κ1) is 18.0. The minimum atomic E-state index is -3.80. The number of phenolic OH excluding ortho intramolecular Hbond substituents is 1. The van der Waals surface area contributed by atoms with Gasteiger partial charge in [0.15, 0.2) is 0 Å². The van der Waals surface area contributed by atoms with E-state index in [1.165, 1.54) is 38.2 Å². The minimum absolute atomic E-state index is 0.219. The average Bonchev–Trinajstić information content (AvgIpc) is 2.39. The molecular weight excluding hydrogens is 287 g/mol. The zero-order valence-electron chi connectivity index (χ0n) is 12.7. The van der Waals surface area contributed by atoms with Crippen molar-refractivity contribution in [3.05, 3.63) is 23.8 Å². The van der Waals surface area contributed by atoms with E-state index in [-0.39, 0.29) is 5.75 Å². The van der Waals surface area contributed by atoms with E-state index in [9.17, 15) is 9.67 Å². The number of nitrogens with one attached hydrogen (secondary N) is 1. The smallest absolute Gasteiger partial charge is 0.360 e. The maximum Gasteiger partial charge on any atom is 0.360 e. The van der Waals surface area contributed by atoms with Crippen molar-refractivity contribution in [3.63, 3.8) is 0 Å². The molecule has 0 bridgehead atoms. The maximum absolute atomic E-state index is 11.1. The van der Waals surface area contributed by atoms with Crippen molar-refractivity contribution in [1.82, 2.24) is 0 Å². The van der Waals surface area contributed by atoms with Crippen LogP contribution in [0.2, 0.25) is 0 Å². The Morgan fingerprint density at radius 1 is 1.14 bits per heavy atom. The lowest BCUT2D eigenvalue weighted by Gasteiger charge is -2.11. The van der Waals surface area contributed by atoms with Crippen molar-refractivity contribution < 1.29 is 14.6 Å². The highest BCUT2D eigenvalue weighted by Gasteiger charge is 2.11. The first-order valence-corrected chi connectivity index (χ1v) is 9.37. The lowest BCUT2D eigenvalue weighted by Crippen LogP contribution is -2.04. The molecule has 0 heterocycles. The second-order valence-corrected chi connectivity index (χ2v) is 6.92. The molecule has 5 nitrogen and oxygen atoms in total. The molecule has 21 heavy (non-hydrogen) atoms. The summed E-state index contributed by atoms with van der Waals surface area (Å²) in [4.78, 5) is 9.11. The topological polar surface area (TPSA) is 95.6 Å². The molecule has 0 aromatic heterocycles. The van der Waals surface area contributed by atoms with Crippen molar-refractivity contribution in [1.29, 1.82) is 0 Å². The van der Waals surface area contributed by atoms with Gasteiger partial charge in [0.1, 0.15) is 5.75 Å². The highest BCUT2D eigenvalue weighted by molar-refractivity contribution is 7.57. The van der Waals surface area contributed by atoms with Gasteiger partial charge in [-0.1, -0.05) is 45.4 Å². The maximum atomic E-state index is 11.1. The van der Waals surface area contributed by atoms with E-state index >= 15 is 0 Å². The number of nitrogens with two attached hydrogens (primary N) is 1. The molecule has 1 atom stereocenters. The summed E-state index contributed by atoms with van der Waals surface area (Å²) in [5.74, 6) is 0.219. The molecule has 1 unspecified atom stereocenters. The summed E-state index contributed by atoms with van der Waals surface area (Å²) in [7, 11) is -3.80. The number of anilines is 1. The molecule has 0 amide bonds. The van der Waals surface area contributed by atoms with Crippen LogP contribution in [-0.4, -0.2) is 10.00 Å². The molecule has 0 aliphatic carbocycles. The van der Waals surface area contributed by atoms with Gasteiger partial charge in [-0.3, -0.25) is 0 Å². The van der Waals surface area contributed by atoms with Gasteiger partial charge in [-0.25, -0.2) is 10.1 Å². The van der Waals surface area contributed by atoms with Gasteiger partial charge in [0.2, 0.25) is 0 Å².